The minimum absolute atomic E-state index is 0. The molecule has 2 atom stereocenters. The van der Waals surface area contributed by atoms with Gasteiger partial charge in [0.25, 0.3) is 23.0 Å². The molecule has 0 spiro atoms. The molecule has 344 valence electrons. The maximum absolute atomic E-state index is 13.1. The first-order chi connectivity index (χ1) is 30.2. The monoisotopic (exact) mass is 890 g/mol. The van der Waals surface area contributed by atoms with Crippen LogP contribution >= 0.6 is 0 Å². The summed E-state index contributed by atoms with van der Waals surface area (Å²) < 4.78 is 8.43. The number of hydrogen-bond donors (Lipinski definition) is 7. The smallest absolute Gasteiger partial charge is 0.332 e. The zero-order valence-corrected chi connectivity index (χ0v) is 37.4. The Kier molecular flexibility index (Phi) is 16.6. The van der Waals surface area contributed by atoms with E-state index in [0.29, 0.717) is 22.5 Å². The van der Waals surface area contributed by atoms with Gasteiger partial charge >= 0.3 is 5.97 Å². The Hall–Kier alpha value is -7.28. The number of hydrogen-bond acceptors (Lipinski definition) is 13. The number of aliphatic carboxylic acids is 1. The van der Waals surface area contributed by atoms with Crippen LogP contribution in [-0.2, 0) is 18.9 Å². The number of pyridine rings is 4. The molecule has 7 aromatic rings. The number of carbonyl (C=O) groups is 1. The molecule has 7 rings (SSSR count). The van der Waals surface area contributed by atoms with Crippen LogP contribution in [0.1, 0.15) is 69.6 Å². The Morgan fingerprint density at radius 1 is 0.754 bits per heavy atom. The summed E-state index contributed by atoms with van der Waals surface area (Å²) in [5.41, 5.74) is 16.3. The first kappa shape index (κ1) is 50.4. The van der Waals surface area contributed by atoms with Gasteiger partial charge in [0.2, 0.25) is 5.96 Å². The van der Waals surface area contributed by atoms with Gasteiger partial charge in [-0.2, -0.15) is 4.98 Å². The number of guanidine groups is 1. The normalized spacial score (nSPS) is 12.2. The highest BCUT2D eigenvalue weighted by molar-refractivity contribution is 5.87. The summed E-state index contributed by atoms with van der Waals surface area (Å²) >= 11 is 0. The van der Waals surface area contributed by atoms with E-state index in [2.05, 4.69) is 30.4 Å². The van der Waals surface area contributed by atoms with Gasteiger partial charge in [-0.15, -0.1) is 0 Å². The number of nitrogens with one attached hydrogen (secondary N) is 2. The van der Waals surface area contributed by atoms with E-state index in [1.807, 2.05) is 90.1 Å². The third kappa shape index (κ3) is 11.8. The summed E-state index contributed by atoms with van der Waals surface area (Å²) in [5.74, 6) is -1.11. The van der Waals surface area contributed by atoms with Crippen molar-refractivity contribution in [2.75, 3.05) is 5.32 Å². The highest BCUT2D eigenvalue weighted by Gasteiger charge is 2.20. The van der Waals surface area contributed by atoms with Gasteiger partial charge in [-0.05, 0) is 115 Å². The van der Waals surface area contributed by atoms with Gasteiger partial charge in [-0.25, -0.2) is 15.3 Å². The van der Waals surface area contributed by atoms with E-state index < -0.39 is 18.2 Å². The molecule has 0 fully saturated rings. The van der Waals surface area contributed by atoms with Crippen LogP contribution in [0.3, 0.4) is 0 Å². The standard InChI is InChI=1S/C23H25N5O3.C18H19N5O2.C5H10O3.CH4/c1-12(2)20(29)21-26-23(27-31-21)25-16-7-6-13(3)17(10-16)18-9-15-11-24-14(4)8-19(15)28(5)22(18)30;1-10-4-5-13(21-18(19)22-25)8-14(10)15-7-12-9-20-11(2)6-16(12)23(3)17(15)24;1-3(2)4(6)5(7)8;/h6-12,20,29H,1-5H3,(H,25,27);4-9,25H,1-3H3,(H3,19,21,22);3-4,6H,1-2H3,(H,7,8);1H4. The van der Waals surface area contributed by atoms with Crippen molar-refractivity contribution in [3.8, 4) is 22.3 Å². The number of aliphatic hydroxyl groups is 2. The van der Waals surface area contributed by atoms with Gasteiger partial charge in [0, 0.05) is 65.5 Å². The molecule has 5 aromatic heterocycles. The van der Waals surface area contributed by atoms with Crippen LogP contribution in [0.15, 0.2) is 92.2 Å². The molecule has 2 unspecified atom stereocenters. The van der Waals surface area contributed by atoms with Crippen LogP contribution in [0, 0.1) is 39.5 Å². The van der Waals surface area contributed by atoms with Crippen LogP contribution in [0.2, 0.25) is 0 Å². The molecular weight excluding hydrogens is 833 g/mol. The molecule has 2 aromatic carbocycles. The highest BCUT2D eigenvalue weighted by Crippen LogP contribution is 2.30. The number of aromatic nitrogens is 6. The van der Waals surface area contributed by atoms with E-state index in [4.69, 9.17) is 25.7 Å². The number of rotatable bonds is 9. The quantitative estimate of drug-likeness (QED) is 0.0441. The van der Waals surface area contributed by atoms with Crippen molar-refractivity contribution in [3.05, 3.63) is 122 Å². The molecule has 8 N–H and O–H groups in total. The van der Waals surface area contributed by atoms with Crippen molar-refractivity contribution in [1.82, 2.24) is 34.7 Å². The number of fused-ring (bicyclic) bond motifs is 2. The molecule has 0 amide bonds. The first-order valence-corrected chi connectivity index (χ1v) is 20.3. The summed E-state index contributed by atoms with van der Waals surface area (Å²) in [7, 11) is 3.52. The third-order valence-corrected chi connectivity index (χ3v) is 10.4. The number of aliphatic hydroxyl groups excluding tert-OH is 2. The summed E-state index contributed by atoms with van der Waals surface area (Å²) in [6.45, 7) is 14.7. The Labute approximate surface area is 376 Å². The van der Waals surface area contributed by atoms with Crippen LogP contribution in [0.5, 0.6) is 0 Å². The van der Waals surface area contributed by atoms with E-state index in [1.54, 1.807) is 67.1 Å². The highest BCUT2D eigenvalue weighted by atomic mass is 16.5. The largest absolute Gasteiger partial charge is 0.479 e. The predicted octanol–water partition coefficient (Wildman–Crippen LogP) is 6.90. The summed E-state index contributed by atoms with van der Waals surface area (Å²) in [6.07, 6.45) is 1.51. The molecule has 0 aliphatic heterocycles. The Balaban J connectivity index is 0.000000245. The van der Waals surface area contributed by atoms with E-state index >= 15 is 0 Å². The average molecular weight is 891 g/mol. The van der Waals surface area contributed by atoms with Crippen molar-refractivity contribution in [2.45, 2.75) is 75.0 Å². The second-order valence-corrected chi connectivity index (χ2v) is 16.0. The van der Waals surface area contributed by atoms with Crippen molar-refractivity contribution in [2.24, 2.45) is 36.7 Å². The van der Waals surface area contributed by atoms with Gasteiger partial charge in [0.1, 0.15) is 6.10 Å². The molecule has 0 aliphatic carbocycles. The molecule has 0 bridgehead atoms. The van der Waals surface area contributed by atoms with Gasteiger partial charge < -0.3 is 40.0 Å². The second-order valence-electron chi connectivity index (χ2n) is 16.0. The molecule has 18 nitrogen and oxygen atoms in total. The first-order valence-electron chi connectivity index (χ1n) is 20.3. The van der Waals surface area contributed by atoms with E-state index in [9.17, 15) is 19.5 Å². The van der Waals surface area contributed by atoms with E-state index in [-0.39, 0.29) is 48.2 Å². The van der Waals surface area contributed by atoms with Gasteiger partial charge in [0.15, 0.2) is 6.10 Å². The minimum atomic E-state index is -1.21. The minimum Gasteiger partial charge on any atom is -0.479 e. The summed E-state index contributed by atoms with van der Waals surface area (Å²) in [4.78, 5) is 52.8. The number of nitrogens with zero attached hydrogens (tertiary/aromatic N) is 7. The predicted molar refractivity (Wildman–Crippen MR) is 253 cm³/mol. The molecule has 0 aliphatic rings. The number of nitrogens with two attached hydrogens (primary N) is 1. The van der Waals surface area contributed by atoms with Crippen molar-refractivity contribution in [3.63, 3.8) is 0 Å². The lowest BCUT2D eigenvalue weighted by Gasteiger charge is -2.12. The zero-order chi connectivity index (χ0) is 47.2. The fourth-order valence-corrected chi connectivity index (χ4v) is 6.55. The summed E-state index contributed by atoms with van der Waals surface area (Å²) in [5, 5.41) is 44.4. The topological polar surface area (TPSA) is 269 Å². The number of carboxylic acids is 1. The van der Waals surface area contributed by atoms with Crippen molar-refractivity contribution >= 4 is 51.1 Å². The zero-order valence-electron chi connectivity index (χ0n) is 37.4. The van der Waals surface area contributed by atoms with Crippen molar-refractivity contribution in [1.29, 1.82) is 0 Å². The lowest BCUT2D eigenvalue weighted by atomic mass is 9.99. The van der Waals surface area contributed by atoms with E-state index in [1.165, 1.54) is 0 Å². The molecule has 0 saturated carbocycles. The maximum atomic E-state index is 13.1. The van der Waals surface area contributed by atoms with Crippen LogP contribution in [0.4, 0.5) is 17.3 Å². The van der Waals surface area contributed by atoms with Crippen molar-refractivity contribution < 1.29 is 29.8 Å². The SMILES string of the molecule is C.CC(C)C(O)C(=O)O.Cc1cc2c(cn1)cc(-c1cc(N=C(N)NO)ccc1C)c(=O)n2C.Cc1cc2c(cn1)cc(-c1cc(Nc3noc(C(O)C(C)C)n3)ccc1C)c(=O)n2C. The molecule has 18 heteroatoms. The number of aliphatic imine (C=N–C) groups is 1. The molecule has 0 saturated heterocycles. The Bertz CT molecular complexity index is 2970. The average Bonchev–Trinajstić information content (AvgIpc) is 3.73. The Morgan fingerprint density at radius 3 is 1.72 bits per heavy atom. The fraction of sp³-hybridized carbons (Fsp3) is 0.319. The molecule has 0 radical (unpaired) electrons. The number of hydroxylamine groups is 1. The van der Waals surface area contributed by atoms with Crippen LogP contribution in [0.25, 0.3) is 44.1 Å². The lowest BCUT2D eigenvalue weighted by Crippen LogP contribution is -2.27. The molecular formula is C47H58N10O8. The van der Waals surface area contributed by atoms with Crippen LogP contribution < -0.4 is 27.6 Å². The second kappa shape index (κ2) is 21.4. The number of anilines is 2. The number of benzene rings is 2. The van der Waals surface area contributed by atoms with Gasteiger partial charge in [-0.3, -0.25) is 24.8 Å². The molecule has 65 heavy (non-hydrogen) atoms. The Morgan fingerprint density at radius 2 is 1.26 bits per heavy atom. The molecule has 5 heterocycles. The number of carboxylic acid groups (broad SMARTS) is 1. The van der Waals surface area contributed by atoms with E-state index in [0.717, 1.165) is 55.4 Å². The maximum Gasteiger partial charge on any atom is 0.332 e. The fourth-order valence-electron chi connectivity index (χ4n) is 6.55. The van der Waals surface area contributed by atoms with Crippen LogP contribution in [-0.4, -0.2) is 67.8 Å². The third-order valence-electron chi connectivity index (χ3n) is 10.4. The number of aryl methyl sites for hydroxylation is 6. The van der Waals surface area contributed by atoms with Gasteiger partial charge in [0.05, 0.1) is 16.7 Å². The van der Waals surface area contributed by atoms with Gasteiger partial charge in [-0.1, -0.05) is 47.3 Å². The lowest BCUT2D eigenvalue weighted by molar-refractivity contribution is -0.148. The summed E-state index contributed by atoms with van der Waals surface area (Å²) in [6, 6.07) is 18.6.